The maximum Gasteiger partial charge on any atom is 0.346 e. The van der Waals surface area contributed by atoms with Crippen LogP contribution in [0.5, 0.6) is 11.5 Å². The maximum atomic E-state index is 13.8. The number of carbonyl (C=O) groups excluding carboxylic acids is 2. The molecule has 6 nitrogen and oxygen atoms in total. The zero-order chi connectivity index (χ0) is 24.0. The zero-order valence-electron chi connectivity index (χ0n) is 17.1. The van der Waals surface area contributed by atoms with Crippen LogP contribution in [0.25, 0.3) is 6.08 Å². The minimum Gasteiger partial charge on any atom is -0.493 e. The Hall–Kier alpha value is -3.86. The molecule has 0 saturated heterocycles. The number of nitrogens with one attached hydrogen (secondary N) is 1. The normalized spacial score (nSPS) is 10.8. The highest BCUT2D eigenvalue weighted by atomic mass is 35.5. The highest BCUT2D eigenvalue weighted by Crippen LogP contribution is 2.30. The molecule has 3 aromatic carbocycles. The van der Waals surface area contributed by atoms with E-state index < -0.39 is 17.7 Å². The van der Waals surface area contributed by atoms with Crippen LogP contribution in [-0.4, -0.2) is 19.0 Å². The molecule has 33 heavy (non-hydrogen) atoms. The Labute approximate surface area is 198 Å². The van der Waals surface area contributed by atoms with Gasteiger partial charge in [0.15, 0.2) is 11.5 Å². The van der Waals surface area contributed by atoms with Crippen LogP contribution in [0, 0.1) is 17.1 Å². The second-order valence-electron chi connectivity index (χ2n) is 6.53. The third-order valence-corrected chi connectivity index (χ3v) is 4.90. The summed E-state index contributed by atoms with van der Waals surface area (Å²) in [6.45, 7) is 0. The molecular weight excluding hydrogens is 470 g/mol. The summed E-state index contributed by atoms with van der Waals surface area (Å²) in [6, 6.07) is 16.1. The summed E-state index contributed by atoms with van der Waals surface area (Å²) in [5.74, 6) is -2.13. The Balaban J connectivity index is 1.83. The lowest BCUT2D eigenvalue weighted by Crippen LogP contribution is -2.13. The predicted octanol–water partition coefficient (Wildman–Crippen LogP) is 5.91. The molecule has 0 bridgehead atoms. The Morgan fingerprint density at radius 2 is 1.82 bits per heavy atom. The van der Waals surface area contributed by atoms with Crippen molar-refractivity contribution in [1.29, 1.82) is 5.26 Å². The van der Waals surface area contributed by atoms with E-state index in [-0.39, 0.29) is 33.3 Å². The molecule has 1 amide bonds. The molecule has 0 spiro atoms. The maximum absolute atomic E-state index is 13.8. The number of halogens is 3. The summed E-state index contributed by atoms with van der Waals surface area (Å²) in [5.41, 5.74) is 0.223. The van der Waals surface area contributed by atoms with Crippen LogP contribution in [0.3, 0.4) is 0 Å². The Morgan fingerprint density at radius 1 is 1.06 bits per heavy atom. The molecular formula is C24H15Cl2FN2O4. The molecule has 0 radical (unpaired) electrons. The molecule has 0 saturated carbocycles. The molecule has 3 rings (SSSR count). The number of hydrogen-bond donors (Lipinski definition) is 1. The van der Waals surface area contributed by atoms with Gasteiger partial charge in [0.1, 0.15) is 17.5 Å². The van der Waals surface area contributed by atoms with E-state index in [1.54, 1.807) is 6.07 Å². The first kappa shape index (κ1) is 23.8. The van der Waals surface area contributed by atoms with Crippen molar-refractivity contribution in [2.24, 2.45) is 0 Å². The summed E-state index contributed by atoms with van der Waals surface area (Å²) in [4.78, 5) is 24.8. The van der Waals surface area contributed by atoms with E-state index in [4.69, 9.17) is 32.7 Å². The van der Waals surface area contributed by atoms with Gasteiger partial charge < -0.3 is 14.8 Å². The number of carbonyl (C=O) groups is 2. The fraction of sp³-hybridized carbons (Fsp3) is 0.0417. The van der Waals surface area contributed by atoms with Gasteiger partial charge in [-0.05, 0) is 54.1 Å². The van der Waals surface area contributed by atoms with E-state index >= 15 is 0 Å². The lowest BCUT2D eigenvalue weighted by molar-refractivity contribution is -0.112. The van der Waals surface area contributed by atoms with E-state index in [0.717, 1.165) is 6.07 Å². The fourth-order valence-corrected chi connectivity index (χ4v) is 3.07. The minimum absolute atomic E-state index is 0.0385. The monoisotopic (exact) mass is 484 g/mol. The third-order valence-electron chi connectivity index (χ3n) is 4.34. The van der Waals surface area contributed by atoms with Gasteiger partial charge >= 0.3 is 5.97 Å². The van der Waals surface area contributed by atoms with Crippen LogP contribution < -0.4 is 14.8 Å². The largest absolute Gasteiger partial charge is 0.493 e. The van der Waals surface area contributed by atoms with Gasteiger partial charge in [-0.1, -0.05) is 41.4 Å². The molecule has 0 aliphatic rings. The number of methoxy groups -OCH3 is 1. The summed E-state index contributed by atoms with van der Waals surface area (Å²) < 4.78 is 24.3. The Bertz CT molecular complexity index is 1300. The average Bonchev–Trinajstić information content (AvgIpc) is 2.80. The summed E-state index contributed by atoms with van der Waals surface area (Å²) >= 11 is 12.0. The smallest absolute Gasteiger partial charge is 0.346 e. The molecule has 0 heterocycles. The summed E-state index contributed by atoms with van der Waals surface area (Å²) in [6.07, 6.45) is 1.32. The first-order chi connectivity index (χ1) is 15.8. The molecule has 9 heteroatoms. The molecule has 0 unspecified atom stereocenters. The number of esters is 1. The van der Waals surface area contributed by atoms with Gasteiger partial charge in [-0.15, -0.1) is 0 Å². The van der Waals surface area contributed by atoms with Crippen LogP contribution in [0.15, 0.2) is 66.2 Å². The molecule has 0 aliphatic carbocycles. The van der Waals surface area contributed by atoms with Crippen LogP contribution in [0.1, 0.15) is 15.9 Å². The number of benzene rings is 3. The number of hydrogen-bond acceptors (Lipinski definition) is 5. The van der Waals surface area contributed by atoms with Crippen molar-refractivity contribution in [3.8, 4) is 17.6 Å². The third kappa shape index (κ3) is 5.89. The molecule has 0 atom stereocenters. The number of ether oxygens (including phenoxy) is 2. The van der Waals surface area contributed by atoms with Crippen molar-refractivity contribution >= 4 is 46.8 Å². The summed E-state index contributed by atoms with van der Waals surface area (Å²) in [5, 5.41) is 12.6. The molecule has 1 N–H and O–H groups in total. The number of amides is 1. The second kappa shape index (κ2) is 10.6. The topological polar surface area (TPSA) is 88.4 Å². The average molecular weight is 485 g/mol. The van der Waals surface area contributed by atoms with E-state index in [9.17, 15) is 19.2 Å². The Kier molecular flexibility index (Phi) is 7.67. The first-order valence-electron chi connectivity index (χ1n) is 9.35. The van der Waals surface area contributed by atoms with Crippen molar-refractivity contribution < 1.29 is 23.5 Å². The van der Waals surface area contributed by atoms with Gasteiger partial charge in [0.05, 0.1) is 23.4 Å². The van der Waals surface area contributed by atoms with Gasteiger partial charge in [0.2, 0.25) is 0 Å². The van der Waals surface area contributed by atoms with Gasteiger partial charge in [-0.2, -0.15) is 5.26 Å². The number of rotatable bonds is 6. The van der Waals surface area contributed by atoms with Gasteiger partial charge in [-0.3, -0.25) is 4.79 Å². The number of anilines is 1. The minimum atomic E-state index is -0.898. The molecule has 0 aromatic heterocycles. The van der Waals surface area contributed by atoms with Crippen LogP contribution in [0.2, 0.25) is 10.0 Å². The van der Waals surface area contributed by atoms with Crippen molar-refractivity contribution in [2.45, 2.75) is 0 Å². The van der Waals surface area contributed by atoms with Gasteiger partial charge in [0.25, 0.3) is 5.91 Å². The second-order valence-corrected chi connectivity index (χ2v) is 7.37. The van der Waals surface area contributed by atoms with E-state index in [0.29, 0.717) is 10.6 Å². The summed E-state index contributed by atoms with van der Waals surface area (Å²) in [7, 11) is 1.35. The van der Waals surface area contributed by atoms with Crippen LogP contribution >= 0.6 is 23.2 Å². The van der Waals surface area contributed by atoms with Crippen molar-refractivity contribution in [1.82, 2.24) is 0 Å². The molecule has 0 aliphatic heterocycles. The zero-order valence-corrected chi connectivity index (χ0v) is 18.6. The van der Waals surface area contributed by atoms with Crippen LogP contribution in [0.4, 0.5) is 10.1 Å². The number of nitriles is 1. The predicted molar refractivity (Wildman–Crippen MR) is 123 cm³/mol. The molecule has 0 fully saturated rings. The molecule has 3 aromatic rings. The quantitative estimate of drug-likeness (QED) is 0.203. The van der Waals surface area contributed by atoms with Crippen LogP contribution in [-0.2, 0) is 4.79 Å². The Morgan fingerprint density at radius 3 is 2.52 bits per heavy atom. The van der Waals surface area contributed by atoms with Gasteiger partial charge in [-0.25, -0.2) is 9.18 Å². The standard InChI is InChI=1S/C24H15Cl2FN2O4/c1-32-22-11-14(6-9-21(22)33-24(31)17-4-2-3-5-19(17)27)10-15(13-28)23(30)29-20-12-16(25)7-8-18(20)26/h2-12H,1H3,(H,29,30)/b15-10+. The van der Waals surface area contributed by atoms with E-state index in [1.165, 1.54) is 61.7 Å². The van der Waals surface area contributed by atoms with Crippen molar-refractivity contribution in [3.05, 3.63) is 93.2 Å². The lowest BCUT2D eigenvalue weighted by Gasteiger charge is -2.11. The van der Waals surface area contributed by atoms with E-state index in [2.05, 4.69) is 5.32 Å². The molecule has 166 valence electrons. The van der Waals surface area contributed by atoms with Gasteiger partial charge in [0, 0.05) is 5.02 Å². The van der Waals surface area contributed by atoms with Crippen molar-refractivity contribution in [3.63, 3.8) is 0 Å². The lowest BCUT2D eigenvalue weighted by atomic mass is 10.1. The first-order valence-corrected chi connectivity index (χ1v) is 10.1. The van der Waals surface area contributed by atoms with Crippen molar-refractivity contribution in [2.75, 3.05) is 12.4 Å². The SMILES string of the molecule is COc1cc(/C=C(\C#N)C(=O)Nc2cc(Cl)ccc2Cl)ccc1OC(=O)c1ccccc1F. The van der Waals surface area contributed by atoms with E-state index in [1.807, 2.05) is 6.07 Å². The highest BCUT2D eigenvalue weighted by molar-refractivity contribution is 6.36. The highest BCUT2D eigenvalue weighted by Gasteiger charge is 2.17. The fourth-order valence-electron chi connectivity index (χ4n) is 2.74. The number of nitrogens with zero attached hydrogens (tertiary/aromatic N) is 1.